The number of nitrogens with zero attached hydrogens (tertiary/aromatic N) is 1. The van der Waals surface area contributed by atoms with Gasteiger partial charge in [-0.3, -0.25) is 0 Å². The number of carbonyl (C=O) groups is 1. The molecule has 1 aromatic carbocycles. The van der Waals surface area contributed by atoms with E-state index in [2.05, 4.69) is 6.07 Å². The van der Waals surface area contributed by atoms with Crippen molar-refractivity contribution in [1.82, 2.24) is 0 Å². The Morgan fingerprint density at radius 2 is 2.00 bits per heavy atom. The molecule has 0 atom stereocenters. The van der Waals surface area contributed by atoms with E-state index in [1.165, 1.54) is 0 Å². The summed E-state index contributed by atoms with van der Waals surface area (Å²) in [5.74, 6) is -0.353. The van der Waals surface area contributed by atoms with Crippen LogP contribution in [0.2, 0.25) is 0 Å². The molecule has 16 heavy (non-hydrogen) atoms. The number of aryl methyl sites for hydroxylation is 2. The topological polar surface area (TPSA) is 50.1 Å². The molecule has 3 heteroatoms. The lowest BCUT2D eigenvalue weighted by Crippen LogP contribution is -2.10. The van der Waals surface area contributed by atoms with Gasteiger partial charge in [-0.15, -0.1) is 0 Å². The molecular formula is C13H15NO2. The van der Waals surface area contributed by atoms with Crippen molar-refractivity contribution in [2.24, 2.45) is 0 Å². The smallest absolute Gasteiger partial charge is 0.338 e. The van der Waals surface area contributed by atoms with Gasteiger partial charge in [0.25, 0.3) is 0 Å². The van der Waals surface area contributed by atoms with Gasteiger partial charge in [0.05, 0.1) is 23.8 Å². The number of rotatable bonds is 2. The minimum Gasteiger partial charge on any atom is -0.462 e. The lowest BCUT2D eigenvalue weighted by atomic mass is 9.94. The summed E-state index contributed by atoms with van der Waals surface area (Å²) >= 11 is 0. The summed E-state index contributed by atoms with van der Waals surface area (Å²) in [6.07, 6.45) is 0. The second kappa shape index (κ2) is 4.80. The van der Waals surface area contributed by atoms with Gasteiger partial charge in [0.15, 0.2) is 0 Å². The van der Waals surface area contributed by atoms with Crippen LogP contribution in [0.15, 0.2) is 6.07 Å². The number of ether oxygens (including phenoxy) is 1. The van der Waals surface area contributed by atoms with Gasteiger partial charge in [-0.2, -0.15) is 5.26 Å². The highest BCUT2D eigenvalue weighted by molar-refractivity contribution is 5.93. The molecule has 0 fully saturated rings. The average Bonchev–Trinajstić information content (AvgIpc) is 2.17. The van der Waals surface area contributed by atoms with E-state index in [0.717, 1.165) is 11.1 Å². The molecule has 0 saturated carbocycles. The first-order valence-corrected chi connectivity index (χ1v) is 5.20. The molecule has 0 aliphatic heterocycles. The lowest BCUT2D eigenvalue weighted by Gasteiger charge is -2.12. The van der Waals surface area contributed by atoms with Crippen LogP contribution in [0.1, 0.15) is 39.5 Å². The van der Waals surface area contributed by atoms with Gasteiger partial charge >= 0.3 is 5.97 Å². The molecule has 0 bridgehead atoms. The summed E-state index contributed by atoms with van der Waals surface area (Å²) in [5.41, 5.74) is 3.54. The lowest BCUT2D eigenvalue weighted by molar-refractivity contribution is 0.0524. The number of hydrogen-bond acceptors (Lipinski definition) is 3. The second-order valence-electron chi connectivity index (χ2n) is 3.72. The summed E-state index contributed by atoms with van der Waals surface area (Å²) in [4.78, 5) is 11.7. The molecule has 0 aliphatic carbocycles. The Balaban J connectivity index is 3.41. The van der Waals surface area contributed by atoms with Crippen LogP contribution in [0.25, 0.3) is 0 Å². The maximum Gasteiger partial charge on any atom is 0.338 e. The molecule has 0 radical (unpaired) electrons. The van der Waals surface area contributed by atoms with E-state index in [-0.39, 0.29) is 5.97 Å². The zero-order valence-electron chi connectivity index (χ0n) is 10.0. The molecule has 0 saturated heterocycles. The number of esters is 1. The van der Waals surface area contributed by atoms with Crippen LogP contribution < -0.4 is 0 Å². The summed E-state index contributed by atoms with van der Waals surface area (Å²) in [7, 11) is 0. The maximum atomic E-state index is 11.7. The molecule has 0 spiro atoms. The predicted molar refractivity (Wildman–Crippen MR) is 61.3 cm³/mol. The highest BCUT2D eigenvalue weighted by atomic mass is 16.5. The Bertz CT molecular complexity index is 470. The van der Waals surface area contributed by atoms with Crippen LogP contribution in [-0.2, 0) is 4.74 Å². The van der Waals surface area contributed by atoms with Gasteiger partial charge in [0, 0.05) is 0 Å². The monoisotopic (exact) mass is 217 g/mol. The summed E-state index contributed by atoms with van der Waals surface area (Å²) in [6, 6.07) is 3.97. The Morgan fingerprint density at radius 1 is 1.38 bits per heavy atom. The molecule has 0 unspecified atom stereocenters. The summed E-state index contributed by atoms with van der Waals surface area (Å²) in [6.45, 7) is 7.61. The van der Waals surface area contributed by atoms with Crippen molar-refractivity contribution in [2.45, 2.75) is 27.7 Å². The minimum absolute atomic E-state index is 0.341. The Morgan fingerprint density at radius 3 is 2.50 bits per heavy atom. The highest BCUT2D eigenvalue weighted by Crippen LogP contribution is 2.22. The zero-order valence-corrected chi connectivity index (χ0v) is 10.0. The summed E-state index contributed by atoms with van der Waals surface area (Å²) < 4.78 is 4.98. The van der Waals surface area contributed by atoms with Crippen molar-refractivity contribution < 1.29 is 9.53 Å². The number of hydrogen-bond donors (Lipinski definition) is 0. The first kappa shape index (κ1) is 12.3. The van der Waals surface area contributed by atoms with E-state index < -0.39 is 0 Å². The standard InChI is InChI=1S/C13H15NO2/c1-5-16-13(15)12-9(3)6-8(2)11(7-14)10(12)4/h6H,5H2,1-4H3. The molecule has 0 heterocycles. The number of benzene rings is 1. The maximum absolute atomic E-state index is 11.7. The molecule has 0 aliphatic rings. The molecule has 1 aromatic rings. The molecular weight excluding hydrogens is 202 g/mol. The van der Waals surface area contributed by atoms with Crippen LogP contribution in [0.4, 0.5) is 0 Å². The fourth-order valence-corrected chi connectivity index (χ4v) is 1.87. The van der Waals surface area contributed by atoms with Crippen LogP contribution in [0.5, 0.6) is 0 Å². The van der Waals surface area contributed by atoms with Gasteiger partial charge in [0.1, 0.15) is 0 Å². The molecule has 1 rings (SSSR count). The normalized spacial score (nSPS) is 9.69. The highest BCUT2D eigenvalue weighted by Gasteiger charge is 2.17. The summed E-state index contributed by atoms with van der Waals surface area (Å²) in [5, 5.41) is 9.02. The second-order valence-corrected chi connectivity index (χ2v) is 3.72. The van der Waals surface area contributed by atoms with Crippen LogP contribution in [-0.4, -0.2) is 12.6 Å². The fraction of sp³-hybridized carbons (Fsp3) is 0.385. The Kier molecular flexibility index (Phi) is 3.68. The molecule has 3 nitrogen and oxygen atoms in total. The quantitative estimate of drug-likeness (QED) is 0.715. The minimum atomic E-state index is -0.353. The van der Waals surface area contributed by atoms with Crippen molar-refractivity contribution in [3.8, 4) is 6.07 Å². The SMILES string of the molecule is CCOC(=O)c1c(C)cc(C)c(C#N)c1C. The fourth-order valence-electron chi connectivity index (χ4n) is 1.87. The van der Waals surface area contributed by atoms with Gasteiger partial charge < -0.3 is 4.74 Å². The first-order valence-electron chi connectivity index (χ1n) is 5.20. The Hall–Kier alpha value is -1.82. The Labute approximate surface area is 95.7 Å². The van der Waals surface area contributed by atoms with Crippen molar-refractivity contribution in [1.29, 1.82) is 5.26 Å². The molecule has 0 aromatic heterocycles. The van der Waals surface area contributed by atoms with Crippen LogP contribution >= 0.6 is 0 Å². The third-order valence-electron chi connectivity index (χ3n) is 2.56. The van der Waals surface area contributed by atoms with E-state index in [9.17, 15) is 4.79 Å². The first-order chi connectivity index (χ1) is 7.52. The van der Waals surface area contributed by atoms with Crippen LogP contribution in [0, 0.1) is 32.1 Å². The van der Waals surface area contributed by atoms with Crippen molar-refractivity contribution in [3.63, 3.8) is 0 Å². The molecule has 84 valence electrons. The largest absolute Gasteiger partial charge is 0.462 e. The van der Waals surface area contributed by atoms with Crippen molar-refractivity contribution in [2.75, 3.05) is 6.61 Å². The number of nitriles is 1. The van der Waals surface area contributed by atoms with Crippen LogP contribution in [0.3, 0.4) is 0 Å². The third kappa shape index (κ3) is 2.06. The van der Waals surface area contributed by atoms with Gasteiger partial charge in [-0.1, -0.05) is 6.07 Å². The van der Waals surface area contributed by atoms with Crippen molar-refractivity contribution in [3.05, 3.63) is 33.9 Å². The zero-order chi connectivity index (χ0) is 12.3. The third-order valence-corrected chi connectivity index (χ3v) is 2.56. The molecule has 0 N–H and O–H groups in total. The molecule has 0 amide bonds. The average molecular weight is 217 g/mol. The van der Waals surface area contributed by atoms with Gasteiger partial charge in [0.2, 0.25) is 0 Å². The van der Waals surface area contributed by atoms with E-state index in [0.29, 0.717) is 23.3 Å². The van der Waals surface area contributed by atoms with E-state index in [4.69, 9.17) is 10.00 Å². The van der Waals surface area contributed by atoms with E-state index in [1.54, 1.807) is 13.8 Å². The van der Waals surface area contributed by atoms with E-state index in [1.807, 2.05) is 19.9 Å². The van der Waals surface area contributed by atoms with Gasteiger partial charge in [-0.25, -0.2) is 4.79 Å². The number of carbonyl (C=O) groups excluding carboxylic acids is 1. The predicted octanol–water partition coefficient (Wildman–Crippen LogP) is 2.66. The van der Waals surface area contributed by atoms with Gasteiger partial charge in [-0.05, 0) is 44.4 Å². The van der Waals surface area contributed by atoms with Crippen molar-refractivity contribution >= 4 is 5.97 Å². The van der Waals surface area contributed by atoms with E-state index >= 15 is 0 Å².